The van der Waals surface area contributed by atoms with E-state index in [0.29, 0.717) is 6.07 Å². The van der Waals surface area contributed by atoms with Gasteiger partial charge < -0.3 is 10.8 Å². The Bertz CT molecular complexity index is 460. The molecule has 5 nitrogen and oxygen atoms in total. The normalized spacial score (nSPS) is 12.7. The van der Waals surface area contributed by atoms with Gasteiger partial charge in [0.15, 0.2) is 5.75 Å². The smallest absolute Gasteiger partial charge is 0.313 e. The highest BCUT2D eigenvalue weighted by molar-refractivity contribution is 5.85. The summed E-state index contributed by atoms with van der Waals surface area (Å²) >= 11 is 0. The summed E-state index contributed by atoms with van der Waals surface area (Å²) < 4.78 is 13.2. The van der Waals surface area contributed by atoms with E-state index >= 15 is 0 Å². The van der Waals surface area contributed by atoms with Crippen LogP contribution in [0.25, 0.3) is 0 Å². The number of rotatable bonds is 2. The molecule has 0 aliphatic carbocycles. The van der Waals surface area contributed by atoms with Crippen molar-refractivity contribution in [3.63, 3.8) is 0 Å². The van der Waals surface area contributed by atoms with Crippen LogP contribution in [0.3, 0.4) is 0 Å². The van der Waals surface area contributed by atoms with Crippen LogP contribution in [0.4, 0.5) is 10.1 Å². The van der Waals surface area contributed by atoms with Gasteiger partial charge >= 0.3 is 5.69 Å². The van der Waals surface area contributed by atoms with Gasteiger partial charge in [-0.3, -0.25) is 10.1 Å². The molecule has 0 aliphatic rings. The van der Waals surface area contributed by atoms with Gasteiger partial charge in [0, 0.05) is 11.6 Å². The van der Waals surface area contributed by atoms with Gasteiger partial charge in [-0.1, -0.05) is 20.8 Å². The molecule has 0 amide bonds. The third kappa shape index (κ3) is 3.30. The van der Waals surface area contributed by atoms with E-state index in [1.807, 2.05) is 0 Å². The third-order valence-corrected chi connectivity index (χ3v) is 2.55. The summed E-state index contributed by atoms with van der Waals surface area (Å²) in [4.78, 5) is 9.80. The van der Waals surface area contributed by atoms with E-state index in [0.717, 1.165) is 6.07 Å². The van der Waals surface area contributed by atoms with E-state index in [1.165, 1.54) is 0 Å². The van der Waals surface area contributed by atoms with Gasteiger partial charge in [-0.15, -0.1) is 12.4 Å². The summed E-state index contributed by atoms with van der Waals surface area (Å²) in [5.41, 5.74) is 4.79. The number of aromatic hydroxyl groups is 1. The number of phenols is 1. The van der Waals surface area contributed by atoms with E-state index in [2.05, 4.69) is 0 Å². The molecular weight excluding hydrogens is 263 g/mol. The predicted octanol–water partition coefficient (Wildman–Crippen LogP) is 2.91. The molecule has 0 bridgehead atoms. The average Bonchev–Trinajstić information content (AvgIpc) is 2.18. The van der Waals surface area contributed by atoms with Gasteiger partial charge in [0.2, 0.25) is 0 Å². The van der Waals surface area contributed by atoms with Crippen molar-refractivity contribution >= 4 is 18.1 Å². The van der Waals surface area contributed by atoms with Crippen LogP contribution in [0.1, 0.15) is 32.4 Å². The topological polar surface area (TPSA) is 89.4 Å². The molecule has 0 heterocycles. The number of hydrogen-bond donors (Lipinski definition) is 2. The monoisotopic (exact) mass is 278 g/mol. The van der Waals surface area contributed by atoms with Crippen LogP contribution in [0, 0.1) is 21.3 Å². The van der Waals surface area contributed by atoms with Crippen LogP contribution in [0.2, 0.25) is 0 Å². The zero-order valence-corrected chi connectivity index (χ0v) is 11.1. The van der Waals surface area contributed by atoms with Gasteiger partial charge in [-0.25, -0.2) is 4.39 Å². The Morgan fingerprint density at radius 1 is 1.44 bits per heavy atom. The lowest BCUT2D eigenvalue weighted by Gasteiger charge is -2.27. The fourth-order valence-corrected chi connectivity index (χ4v) is 1.45. The first-order chi connectivity index (χ1) is 7.64. The van der Waals surface area contributed by atoms with Crippen molar-refractivity contribution in [1.29, 1.82) is 0 Å². The summed E-state index contributed by atoms with van der Waals surface area (Å²) in [5.74, 6) is -1.36. The van der Waals surface area contributed by atoms with Crippen molar-refractivity contribution < 1.29 is 14.4 Å². The van der Waals surface area contributed by atoms with E-state index in [9.17, 15) is 19.6 Å². The first-order valence-electron chi connectivity index (χ1n) is 5.07. The fourth-order valence-electron chi connectivity index (χ4n) is 1.45. The maximum Gasteiger partial charge on any atom is 0.313 e. The van der Waals surface area contributed by atoms with Crippen LogP contribution in [-0.2, 0) is 0 Å². The molecule has 0 aromatic heterocycles. The molecule has 18 heavy (non-hydrogen) atoms. The largest absolute Gasteiger partial charge is 0.502 e. The van der Waals surface area contributed by atoms with Crippen LogP contribution < -0.4 is 5.73 Å². The van der Waals surface area contributed by atoms with Crippen LogP contribution in [-0.4, -0.2) is 10.0 Å². The van der Waals surface area contributed by atoms with Crippen molar-refractivity contribution in [2.45, 2.75) is 26.8 Å². The Kier molecular flexibility index (Phi) is 5.07. The van der Waals surface area contributed by atoms with E-state index in [-0.39, 0.29) is 18.0 Å². The maximum atomic E-state index is 13.2. The molecule has 0 saturated heterocycles. The lowest BCUT2D eigenvalue weighted by Crippen LogP contribution is -2.26. The van der Waals surface area contributed by atoms with Crippen molar-refractivity contribution in [3.8, 4) is 5.75 Å². The number of nitro groups is 1. The molecule has 3 N–H and O–H groups in total. The van der Waals surface area contributed by atoms with Crippen molar-refractivity contribution in [3.05, 3.63) is 33.6 Å². The molecule has 1 rings (SSSR count). The maximum absolute atomic E-state index is 13.2. The minimum atomic E-state index is -0.836. The number of nitrogens with zero attached hydrogens (tertiary/aromatic N) is 1. The second kappa shape index (κ2) is 5.49. The number of hydrogen-bond acceptors (Lipinski definition) is 4. The highest BCUT2D eigenvalue weighted by Crippen LogP contribution is 2.40. The first kappa shape index (κ1) is 16.6. The Morgan fingerprint density at radius 3 is 2.33 bits per heavy atom. The molecule has 0 spiro atoms. The summed E-state index contributed by atoms with van der Waals surface area (Å²) in [6.45, 7) is 5.40. The van der Waals surface area contributed by atoms with Gasteiger partial charge in [0.1, 0.15) is 5.82 Å². The number of halogens is 2. The molecule has 102 valence electrons. The van der Waals surface area contributed by atoms with Gasteiger partial charge in [0.25, 0.3) is 0 Å². The highest BCUT2D eigenvalue weighted by atomic mass is 35.5. The fraction of sp³-hybridized carbons (Fsp3) is 0.455. The van der Waals surface area contributed by atoms with Gasteiger partial charge in [-0.2, -0.15) is 0 Å². The third-order valence-electron chi connectivity index (χ3n) is 2.55. The zero-order chi connectivity index (χ0) is 13.4. The first-order valence-corrected chi connectivity index (χ1v) is 5.07. The van der Waals surface area contributed by atoms with E-state index in [1.54, 1.807) is 20.8 Å². The van der Waals surface area contributed by atoms with Crippen molar-refractivity contribution in [1.82, 2.24) is 0 Å². The molecule has 1 atom stereocenters. The minimum absolute atomic E-state index is 0. The van der Waals surface area contributed by atoms with Crippen LogP contribution in [0.15, 0.2) is 12.1 Å². The Labute approximate surface area is 110 Å². The summed E-state index contributed by atoms with van der Waals surface area (Å²) in [6, 6.07) is 1.00. The summed E-state index contributed by atoms with van der Waals surface area (Å²) in [7, 11) is 0. The van der Waals surface area contributed by atoms with Gasteiger partial charge in [0.05, 0.1) is 11.0 Å². The van der Waals surface area contributed by atoms with E-state index < -0.39 is 33.6 Å². The van der Waals surface area contributed by atoms with Crippen LogP contribution >= 0.6 is 12.4 Å². The molecule has 0 saturated carbocycles. The second-order valence-corrected chi connectivity index (χ2v) is 4.96. The zero-order valence-electron chi connectivity index (χ0n) is 10.3. The minimum Gasteiger partial charge on any atom is -0.502 e. The molecule has 7 heteroatoms. The SMILES string of the molecule is CC(C)(C)[C@H](N)c1cc(F)cc([N+](=O)[O-])c1O.Cl. The standard InChI is InChI=1S/C11H15FN2O3.ClH/c1-11(2,3)10(13)7-4-6(12)5-8(9(7)15)14(16)17;/h4-5,10,15H,13H2,1-3H3;1H/t10-;/m1./s1. The number of nitro benzene ring substituents is 1. The van der Waals surface area contributed by atoms with Crippen molar-refractivity contribution in [2.24, 2.45) is 11.1 Å². The van der Waals surface area contributed by atoms with Gasteiger partial charge in [-0.05, 0) is 11.5 Å². The second-order valence-electron chi connectivity index (χ2n) is 4.96. The molecule has 0 unspecified atom stereocenters. The summed E-state index contributed by atoms with van der Waals surface area (Å²) in [5, 5.41) is 20.4. The predicted molar refractivity (Wildman–Crippen MR) is 68.4 cm³/mol. The number of phenolic OH excluding ortho intramolecular Hbond substituents is 1. The Balaban J connectivity index is 0.00000289. The van der Waals surface area contributed by atoms with E-state index in [4.69, 9.17) is 5.73 Å². The molecule has 1 aromatic rings. The number of nitrogens with two attached hydrogens (primary N) is 1. The molecule has 0 radical (unpaired) electrons. The average molecular weight is 279 g/mol. The molecule has 1 aromatic carbocycles. The quantitative estimate of drug-likeness (QED) is 0.643. The Hall–Kier alpha value is -1.40. The lowest BCUT2D eigenvalue weighted by molar-refractivity contribution is -0.386. The molecule has 0 fully saturated rings. The molecule has 0 aliphatic heterocycles. The van der Waals surface area contributed by atoms with Crippen molar-refractivity contribution in [2.75, 3.05) is 0 Å². The highest BCUT2D eigenvalue weighted by Gasteiger charge is 2.29. The Morgan fingerprint density at radius 2 is 1.94 bits per heavy atom. The lowest BCUT2D eigenvalue weighted by atomic mass is 9.82. The summed E-state index contributed by atoms with van der Waals surface area (Å²) in [6.07, 6.45) is 0. The molecular formula is C11H16ClFN2O3. The number of benzene rings is 1. The van der Waals surface area contributed by atoms with Crippen LogP contribution in [0.5, 0.6) is 5.75 Å².